The van der Waals surface area contributed by atoms with Gasteiger partial charge in [0.25, 0.3) is 0 Å². The number of carbonyl (C=O) groups excluding carboxylic acids is 2. The Kier molecular flexibility index (Phi) is 4.88. The number of carbonyl (C=O) groups is 2. The lowest BCUT2D eigenvalue weighted by atomic mass is 10.0. The van der Waals surface area contributed by atoms with Crippen molar-refractivity contribution in [1.82, 2.24) is 0 Å². The Morgan fingerprint density at radius 3 is 2.56 bits per heavy atom. The van der Waals surface area contributed by atoms with Crippen molar-refractivity contribution in [2.45, 2.75) is 33.6 Å². The second-order valence-electron chi connectivity index (χ2n) is 6.64. The second kappa shape index (κ2) is 7.09. The Morgan fingerprint density at radius 2 is 1.84 bits per heavy atom. The molecule has 1 saturated heterocycles. The molecule has 130 valence electrons. The molecule has 1 aliphatic rings. The van der Waals surface area contributed by atoms with Crippen LogP contribution in [0.15, 0.2) is 42.5 Å². The summed E-state index contributed by atoms with van der Waals surface area (Å²) in [6, 6.07) is 13.8. The Hall–Kier alpha value is -2.62. The third kappa shape index (κ3) is 3.43. The molecule has 0 saturated carbocycles. The van der Waals surface area contributed by atoms with Crippen LogP contribution in [-0.4, -0.2) is 18.4 Å². The number of anilines is 2. The smallest absolute Gasteiger partial charge is 0.229 e. The molecule has 0 spiro atoms. The molecule has 1 atom stereocenters. The summed E-state index contributed by atoms with van der Waals surface area (Å²) in [5.41, 5.74) is 5.00. The van der Waals surface area contributed by atoms with Crippen molar-refractivity contribution >= 4 is 23.2 Å². The van der Waals surface area contributed by atoms with Crippen LogP contribution in [0, 0.1) is 19.8 Å². The molecule has 4 heteroatoms. The third-order valence-corrected chi connectivity index (χ3v) is 4.89. The number of nitrogens with zero attached hydrogens (tertiary/aromatic N) is 1. The maximum atomic E-state index is 12.8. The lowest BCUT2D eigenvalue weighted by molar-refractivity contribution is -0.122. The molecule has 2 aromatic rings. The summed E-state index contributed by atoms with van der Waals surface area (Å²) >= 11 is 0. The molecule has 1 fully saturated rings. The number of para-hydroxylation sites is 2. The zero-order chi connectivity index (χ0) is 18.0. The highest BCUT2D eigenvalue weighted by Crippen LogP contribution is 2.29. The van der Waals surface area contributed by atoms with Gasteiger partial charge in [0.15, 0.2) is 0 Å². The highest BCUT2D eigenvalue weighted by atomic mass is 16.2. The lowest BCUT2D eigenvalue weighted by Crippen LogP contribution is -2.29. The number of rotatable bonds is 4. The van der Waals surface area contributed by atoms with Gasteiger partial charge in [0.2, 0.25) is 11.8 Å². The molecule has 0 radical (unpaired) electrons. The normalized spacial score (nSPS) is 17.0. The van der Waals surface area contributed by atoms with Crippen molar-refractivity contribution in [3.8, 4) is 0 Å². The van der Waals surface area contributed by atoms with Crippen LogP contribution in [-0.2, 0) is 16.0 Å². The minimum Gasteiger partial charge on any atom is -0.325 e. The van der Waals surface area contributed by atoms with Gasteiger partial charge in [0, 0.05) is 24.3 Å². The van der Waals surface area contributed by atoms with E-state index in [-0.39, 0.29) is 24.2 Å². The number of nitrogens with one attached hydrogen (secondary N) is 1. The molecule has 2 aromatic carbocycles. The van der Waals surface area contributed by atoms with Gasteiger partial charge < -0.3 is 10.2 Å². The van der Waals surface area contributed by atoms with Crippen LogP contribution in [0.25, 0.3) is 0 Å². The van der Waals surface area contributed by atoms with Crippen LogP contribution >= 0.6 is 0 Å². The molecular weight excluding hydrogens is 312 g/mol. The number of aryl methyl sites for hydroxylation is 3. The van der Waals surface area contributed by atoms with Gasteiger partial charge in [-0.1, -0.05) is 43.3 Å². The topological polar surface area (TPSA) is 49.4 Å². The van der Waals surface area contributed by atoms with E-state index < -0.39 is 0 Å². The monoisotopic (exact) mass is 336 g/mol. The Bertz CT molecular complexity index is 813. The van der Waals surface area contributed by atoms with Crippen LogP contribution in [0.5, 0.6) is 0 Å². The van der Waals surface area contributed by atoms with E-state index in [0.717, 1.165) is 34.5 Å². The van der Waals surface area contributed by atoms with Gasteiger partial charge in [0.1, 0.15) is 0 Å². The van der Waals surface area contributed by atoms with Gasteiger partial charge in [-0.2, -0.15) is 0 Å². The number of hydrogen-bond acceptors (Lipinski definition) is 2. The number of amides is 2. The molecule has 25 heavy (non-hydrogen) atoms. The van der Waals surface area contributed by atoms with Gasteiger partial charge in [0.05, 0.1) is 5.92 Å². The van der Waals surface area contributed by atoms with Crippen LogP contribution in [0.2, 0.25) is 0 Å². The molecule has 1 heterocycles. The Morgan fingerprint density at radius 1 is 1.12 bits per heavy atom. The van der Waals surface area contributed by atoms with Gasteiger partial charge in [-0.15, -0.1) is 0 Å². The Labute approximate surface area is 148 Å². The van der Waals surface area contributed by atoms with Crippen molar-refractivity contribution in [3.63, 3.8) is 0 Å². The zero-order valence-corrected chi connectivity index (χ0v) is 15.0. The molecule has 3 rings (SSSR count). The maximum Gasteiger partial charge on any atom is 0.229 e. The van der Waals surface area contributed by atoms with Crippen molar-refractivity contribution in [2.75, 3.05) is 16.8 Å². The average molecular weight is 336 g/mol. The summed E-state index contributed by atoms with van der Waals surface area (Å²) in [5, 5.41) is 3.06. The molecule has 0 aliphatic carbocycles. The summed E-state index contributed by atoms with van der Waals surface area (Å²) in [6.07, 6.45) is 1.11. The number of hydrogen-bond donors (Lipinski definition) is 1. The van der Waals surface area contributed by atoms with E-state index in [1.807, 2.05) is 56.3 Å². The summed E-state index contributed by atoms with van der Waals surface area (Å²) < 4.78 is 0. The highest BCUT2D eigenvalue weighted by Gasteiger charge is 2.35. The summed E-state index contributed by atoms with van der Waals surface area (Å²) in [7, 11) is 0. The lowest BCUT2D eigenvalue weighted by Gasteiger charge is -2.19. The summed E-state index contributed by atoms with van der Waals surface area (Å²) in [5.74, 6) is -0.389. The molecule has 0 unspecified atom stereocenters. The summed E-state index contributed by atoms with van der Waals surface area (Å²) in [4.78, 5) is 26.9. The van der Waals surface area contributed by atoms with E-state index in [0.29, 0.717) is 6.54 Å². The fourth-order valence-corrected chi connectivity index (χ4v) is 3.41. The minimum atomic E-state index is -0.323. The maximum absolute atomic E-state index is 12.8. The van der Waals surface area contributed by atoms with Gasteiger partial charge in [-0.3, -0.25) is 9.59 Å². The predicted molar refractivity (Wildman–Crippen MR) is 101 cm³/mol. The van der Waals surface area contributed by atoms with Gasteiger partial charge in [-0.05, 0) is 43.0 Å². The first-order valence-electron chi connectivity index (χ1n) is 8.76. The Balaban J connectivity index is 1.77. The molecule has 4 nitrogen and oxygen atoms in total. The van der Waals surface area contributed by atoms with E-state index in [1.165, 1.54) is 0 Å². The SMILES string of the molecule is CCc1cccc(C)c1NC(=O)[C@H]1CC(=O)N(c2ccccc2C)C1. The van der Waals surface area contributed by atoms with Crippen LogP contribution in [0.3, 0.4) is 0 Å². The molecule has 0 bridgehead atoms. The van der Waals surface area contributed by atoms with E-state index in [2.05, 4.69) is 12.2 Å². The van der Waals surface area contributed by atoms with Crippen LogP contribution < -0.4 is 10.2 Å². The second-order valence-corrected chi connectivity index (χ2v) is 6.64. The van der Waals surface area contributed by atoms with E-state index in [1.54, 1.807) is 4.90 Å². The van der Waals surface area contributed by atoms with Crippen molar-refractivity contribution < 1.29 is 9.59 Å². The standard InChI is InChI=1S/C21H24N2O2/c1-4-16-10-7-9-15(3)20(16)22-21(25)17-12-19(24)23(13-17)18-11-6-5-8-14(18)2/h5-11,17H,4,12-13H2,1-3H3,(H,22,25)/t17-/m0/s1. The largest absolute Gasteiger partial charge is 0.325 e. The third-order valence-electron chi connectivity index (χ3n) is 4.89. The van der Waals surface area contributed by atoms with Gasteiger partial charge >= 0.3 is 0 Å². The first-order valence-corrected chi connectivity index (χ1v) is 8.76. The predicted octanol–water partition coefficient (Wildman–Crippen LogP) is 3.86. The first-order chi connectivity index (χ1) is 12.0. The van der Waals surface area contributed by atoms with Crippen molar-refractivity contribution in [3.05, 3.63) is 59.2 Å². The van der Waals surface area contributed by atoms with Crippen LogP contribution in [0.4, 0.5) is 11.4 Å². The first kappa shape index (κ1) is 17.2. The zero-order valence-electron chi connectivity index (χ0n) is 15.0. The summed E-state index contributed by atoms with van der Waals surface area (Å²) in [6.45, 7) is 6.48. The van der Waals surface area contributed by atoms with E-state index in [4.69, 9.17) is 0 Å². The van der Waals surface area contributed by atoms with Crippen molar-refractivity contribution in [1.29, 1.82) is 0 Å². The quantitative estimate of drug-likeness (QED) is 0.922. The number of benzene rings is 2. The van der Waals surface area contributed by atoms with E-state index in [9.17, 15) is 9.59 Å². The molecular formula is C21H24N2O2. The van der Waals surface area contributed by atoms with Gasteiger partial charge in [-0.25, -0.2) is 0 Å². The molecule has 0 aromatic heterocycles. The molecule has 1 aliphatic heterocycles. The fraction of sp³-hybridized carbons (Fsp3) is 0.333. The van der Waals surface area contributed by atoms with Crippen molar-refractivity contribution in [2.24, 2.45) is 5.92 Å². The minimum absolute atomic E-state index is 0.00921. The molecule has 1 N–H and O–H groups in total. The van der Waals surface area contributed by atoms with Crippen LogP contribution in [0.1, 0.15) is 30.0 Å². The average Bonchev–Trinajstić information content (AvgIpc) is 2.99. The highest BCUT2D eigenvalue weighted by molar-refractivity contribution is 6.04. The molecule has 2 amide bonds. The fourth-order valence-electron chi connectivity index (χ4n) is 3.41. The van der Waals surface area contributed by atoms with E-state index >= 15 is 0 Å².